The lowest BCUT2D eigenvalue weighted by atomic mass is 10.2. The van der Waals surface area contributed by atoms with Crippen LogP contribution in [0.4, 0.5) is 5.69 Å². The van der Waals surface area contributed by atoms with Crippen LogP contribution >= 0.6 is 11.6 Å². The van der Waals surface area contributed by atoms with Gasteiger partial charge in [0, 0.05) is 36.2 Å². The average molecular weight is 349 g/mol. The topological polar surface area (TPSA) is 66.4 Å². The molecule has 0 bridgehead atoms. The van der Waals surface area contributed by atoms with Crippen LogP contribution < -0.4 is 10.6 Å². The van der Waals surface area contributed by atoms with Crippen molar-refractivity contribution in [1.29, 1.82) is 0 Å². The second-order valence-corrected chi connectivity index (χ2v) is 6.13. The molecule has 0 aliphatic carbocycles. The average Bonchev–Trinajstić information content (AvgIpc) is 2.95. The highest BCUT2D eigenvalue weighted by Gasteiger charge is 2.20. The van der Waals surface area contributed by atoms with Gasteiger partial charge in [0.05, 0.1) is 6.04 Å². The zero-order valence-corrected chi connectivity index (χ0v) is 14.7. The molecule has 2 rings (SSSR count). The second kappa shape index (κ2) is 7.99. The van der Waals surface area contributed by atoms with Crippen LogP contribution in [0.5, 0.6) is 0 Å². The lowest BCUT2D eigenvalue weighted by Gasteiger charge is -2.25. The third-order valence-corrected chi connectivity index (χ3v) is 3.96. The molecule has 0 radical (unpaired) electrons. The number of nitrogens with zero attached hydrogens (tertiary/aromatic N) is 2. The standard InChI is InChI=1S/C17H21ClN4O2/c1-21(2)15(14-5-4-10-22(14)3)11-19-16(23)17(24)20-13-8-6-12(18)7-9-13/h4-10,15H,11H2,1-3H3,(H,19,23)(H,20,24). The fourth-order valence-corrected chi connectivity index (χ4v) is 2.49. The smallest absolute Gasteiger partial charge is 0.313 e. The summed E-state index contributed by atoms with van der Waals surface area (Å²) in [5.41, 5.74) is 1.57. The largest absolute Gasteiger partial charge is 0.353 e. The van der Waals surface area contributed by atoms with Gasteiger partial charge in [-0.15, -0.1) is 0 Å². The summed E-state index contributed by atoms with van der Waals surface area (Å²) in [6.07, 6.45) is 1.95. The van der Waals surface area contributed by atoms with E-state index in [0.29, 0.717) is 17.3 Å². The summed E-state index contributed by atoms with van der Waals surface area (Å²) >= 11 is 5.79. The fraction of sp³-hybridized carbons (Fsp3) is 0.294. The lowest BCUT2D eigenvalue weighted by Crippen LogP contribution is -2.40. The maximum Gasteiger partial charge on any atom is 0.313 e. The number of halogens is 1. The molecule has 24 heavy (non-hydrogen) atoms. The highest BCUT2D eigenvalue weighted by atomic mass is 35.5. The predicted octanol–water partition coefficient (Wildman–Crippen LogP) is 2.04. The molecule has 1 heterocycles. The normalized spacial score (nSPS) is 12.0. The zero-order chi connectivity index (χ0) is 17.7. The quantitative estimate of drug-likeness (QED) is 0.813. The Labute approximate surface area is 146 Å². The molecule has 128 valence electrons. The minimum atomic E-state index is -0.707. The van der Waals surface area contributed by atoms with Crippen molar-refractivity contribution in [3.63, 3.8) is 0 Å². The molecule has 0 saturated heterocycles. The molecule has 2 amide bonds. The summed E-state index contributed by atoms with van der Waals surface area (Å²) in [5, 5.41) is 5.78. The van der Waals surface area contributed by atoms with Crippen LogP contribution in [-0.4, -0.2) is 41.9 Å². The molecule has 0 saturated carbocycles. The van der Waals surface area contributed by atoms with Crippen molar-refractivity contribution < 1.29 is 9.59 Å². The number of aromatic nitrogens is 1. The van der Waals surface area contributed by atoms with Crippen LogP contribution in [0.2, 0.25) is 5.02 Å². The maximum absolute atomic E-state index is 12.0. The highest BCUT2D eigenvalue weighted by molar-refractivity contribution is 6.39. The summed E-state index contributed by atoms with van der Waals surface area (Å²) in [6, 6.07) is 10.5. The van der Waals surface area contributed by atoms with Gasteiger partial charge >= 0.3 is 11.8 Å². The molecular weight excluding hydrogens is 328 g/mol. The Balaban J connectivity index is 1.94. The fourth-order valence-electron chi connectivity index (χ4n) is 2.36. The van der Waals surface area contributed by atoms with Crippen LogP contribution in [0.15, 0.2) is 42.6 Å². The Kier molecular flexibility index (Phi) is 6.00. The highest BCUT2D eigenvalue weighted by Crippen LogP contribution is 2.17. The number of hydrogen-bond donors (Lipinski definition) is 2. The van der Waals surface area contributed by atoms with Crippen LogP contribution in [0, 0.1) is 0 Å². The number of carbonyl (C=O) groups excluding carboxylic acids is 2. The number of amides is 2. The lowest BCUT2D eigenvalue weighted by molar-refractivity contribution is -0.136. The number of hydrogen-bond acceptors (Lipinski definition) is 3. The number of nitrogens with one attached hydrogen (secondary N) is 2. The first-order valence-corrected chi connectivity index (χ1v) is 7.88. The van der Waals surface area contributed by atoms with Crippen LogP contribution in [0.1, 0.15) is 11.7 Å². The van der Waals surface area contributed by atoms with Gasteiger partial charge in [-0.05, 0) is 50.5 Å². The van der Waals surface area contributed by atoms with Gasteiger partial charge in [0.2, 0.25) is 0 Å². The van der Waals surface area contributed by atoms with E-state index >= 15 is 0 Å². The Morgan fingerprint density at radius 2 is 1.83 bits per heavy atom. The van der Waals surface area contributed by atoms with Gasteiger partial charge in [-0.2, -0.15) is 0 Å². The third kappa shape index (κ3) is 4.59. The Bertz CT molecular complexity index is 710. The van der Waals surface area contributed by atoms with Gasteiger partial charge in [0.25, 0.3) is 0 Å². The summed E-state index contributed by atoms with van der Waals surface area (Å²) in [4.78, 5) is 26.0. The number of anilines is 1. The minimum Gasteiger partial charge on any atom is -0.353 e. The van der Waals surface area contributed by atoms with Crippen LogP contribution in [0.25, 0.3) is 0 Å². The zero-order valence-electron chi connectivity index (χ0n) is 13.9. The van der Waals surface area contributed by atoms with E-state index in [1.165, 1.54) is 0 Å². The first-order chi connectivity index (χ1) is 11.4. The predicted molar refractivity (Wildman–Crippen MR) is 94.9 cm³/mol. The van der Waals surface area contributed by atoms with E-state index in [1.807, 2.05) is 48.9 Å². The Morgan fingerprint density at radius 1 is 1.17 bits per heavy atom. The van der Waals surface area contributed by atoms with Gasteiger partial charge in [-0.3, -0.25) is 14.5 Å². The Morgan fingerprint density at radius 3 is 2.38 bits per heavy atom. The third-order valence-electron chi connectivity index (χ3n) is 3.71. The van der Waals surface area contributed by atoms with Crippen LogP contribution in [0.3, 0.4) is 0 Å². The molecule has 0 aliphatic heterocycles. The van der Waals surface area contributed by atoms with E-state index in [-0.39, 0.29) is 6.04 Å². The van der Waals surface area contributed by atoms with Crippen molar-refractivity contribution in [3.05, 3.63) is 53.3 Å². The number of rotatable bonds is 5. The van der Waals surface area contributed by atoms with Crippen molar-refractivity contribution in [1.82, 2.24) is 14.8 Å². The molecule has 1 unspecified atom stereocenters. The van der Waals surface area contributed by atoms with Gasteiger partial charge in [-0.1, -0.05) is 11.6 Å². The molecule has 7 heteroatoms. The van der Waals surface area contributed by atoms with Crippen molar-refractivity contribution in [2.24, 2.45) is 7.05 Å². The van der Waals surface area contributed by atoms with Crippen molar-refractivity contribution in [2.45, 2.75) is 6.04 Å². The summed E-state index contributed by atoms with van der Waals surface area (Å²) in [5.74, 6) is -1.38. The monoisotopic (exact) mass is 348 g/mol. The van der Waals surface area contributed by atoms with Gasteiger partial charge < -0.3 is 15.2 Å². The number of likely N-dealkylation sites (N-methyl/N-ethyl adjacent to an activating group) is 1. The molecule has 1 aromatic carbocycles. The van der Waals surface area contributed by atoms with Gasteiger partial charge in [-0.25, -0.2) is 0 Å². The van der Waals surface area contributed by atoms with Gasteiger partial charge in [0.1, 0.15) is 0 Å². The first-order valence-electron chi connectivity index (χ1n) is 7.51. The van der Waals surface area contributed by atoms with Crippen molar-refractivity contribution in [3.8, 4) is 0 Å². The first kappa shape index (κ1) is 18.0. The maximum atomic E-state index is 12.0. The van der Waals surface area contributed by atoms with E-state index in [2.05, 4.69) is 10.6 Å². The molecule has 2 aromatic rings. The molecule has 2 N–H and O–H groups in total. The van der Waals surface area contributed by atoms with Crippen molar-refractivity contribution >= 4 is 29.1 Å². The van der Waals surface area contributed by atoms with Crippen molar-refractivity contribution in [2.75, 3.05) is 26.0 Å². The Hall–Kier alpha value is -2.31. The summed E-state index contributed by atoms with van der Waals surface area (Å²) < 4.78 is 1.99. The molecule has 0 aliphatic rings. The molecule has 6 nitrogen and oxygen atoms in total. The summed E-state index contributed by atoms with van der Waals surface area (Å²) in [7, 11) is 5.80. The van der Waals surface area contributed by atoms with E-state index < -0.39 is 11.8 Å². The minimum absolute atomic E-state index is 0.0303. The van der Waals surface area contributed by atoms with E-state index in [0.717, 1.165) is 5.69 Å². The number of carbonyl (C=O) groups is 2. The molecule has 0 fully saturated rings. The SMILES string of the molecule is CN(C)C(CNC(=O)C(=O)Nc1ccc(Cl)cc1)c1cccn1C. The molecular formula is C17H21ClN4O2. The van der Waals surface area contributed by atoms with Crippen LogP contribution in [-0.2, 0) is 16.6 Å². The van der Waals surface area contributed by atoms with Gasteiger partial charge in [0.15, 0.2) is 0 Å². The van der Waals surface area contributed by atoms with E-state index in [4.69, 9.17) is 11.6 Å². The van der Waals surface area contributed by atoms with E-state index in [1.54, 1.807) is 24.3 Å². The summed E-state index contributed by atoms with van der Waals surface area (Å²) in [6.45, 7) is 0.331. The number of aryl methyl sites for hydroxylation is 1. The number of benzene rings is 1. The molecule has 1 aromatic heterocycles. The second-order valence-electron chi connectivity index (χ2n) is 5.69. The van der Waals surface area contributed by atoms with E-state index in [9.17, 15) is 9.59 Å². The molecule has 1 atom stereocenters. The molecule has 0 spiro atoms.